The molecule has 1 aromatic carbocycles. The fourth-order valence-electron chi connectivity index (χ4n) is 2.00. The van der Waals surface area contributed by atoms with Gasteiger partial charge in [0.25, 0.3) is 5.91 Å². The lowest BCUT2D eigenvalue weighted by atomic mass is 10.2. The number of nitrogens with two attached hydrogens (primary N) is 2. The van der Waals surface area contributed by atoms with Crippen LogP contribution >= 0.6 is 11.8 Å². The molecular weight excluding hydrogens is 385 g/mol. The number of alkyl halides is 3. The fourth-order valence-corrected chi connectivity index (χ4v) is 2.54. The zero-order chi connectivity index (χ0) is 20.0. The average Bonchev–Trinajstić information content (AvgIpc) is 2.61. The summed E-state index contributed by atoms with van der Waals surface area (Å²) in [6.45, 7) is -0.522. The van der Waals surface area contributed by atoms with Gasteiger partial charge in [0.05, 0.1) is 17.3 Å². The molecule has 2 aromatic rings. The number of hydrogen-bond donors (Lipinski definition) is 3. The SMILES string of the molecule is CSc1nc(N)nc(OCC(=O)Nc2cccc(C(F)(F)F)c2)c1/C=N/N. The summed E-state index contributed by atoms with van der Waals surface area (Å²) in [6, 6.07) is 4.23. The second kappa shape index (κ2) is 8.58. The third-order valence-corrected chi connectivity index (χ3v) is 3.80. The Kier molecular flexibility index (Phi) is 6.45. The number of aromatic nitrogens is 2. The minimum absolute atomic E-state index is 0.0193. The van der Waals surface area contributed by atoms with Crippen molar-refractivity contribution in [2.75, 3.05) is 23.9 Å². The van der Waals surface area contributed by atoms with Gasteiger partial charge in [0.1, 0.15) is 5.03 Å². The molecule has 1 aromatic heterocycles. The van der Waals surface area contributed by atoms with E-state index in [4.69, 9.17) is 16.3 Å². The van der Waals surface area contributed by atoms with Crippen LogP contribution in [0.4, 0.5) is 24.8 Å². The average molecular weight is 400 g/mol. The van der Waals surface area contributed by atoms with Crippen molar-refractivity contribution in [1.29, 1.82) is 0 Å². The predicted octanol–water partition coefficient (Wildman–Crippen LogP) is 2.11. The van der Waals surface area contributed by atoms with E-state index in [0.29, 0.717) is 10.6 Å². The van der Waals surface area contributed by atoms with Crippen LogP contribution in [0, 0.1) is 0 Å². The maximum atomic E-state index is 12.7. The molecule has 0 atom stereocenters. The highest BCUT2D eigenvalue weighted by molar-refractivity contribution is 7.98. The first kappa shape index (κ1) is 20.3. The molecule has 5 N–H and O–H groups in total. The maximum absolute atomic E-state index is 12.7. The molecule has 1 amide bonds. The first-order valence-electron chi connectivity index (χ1n) is 7.29. The van der Waals surface area contributed by atoms with Gasteiger partial charge in [-0.05, 0) is 24.5 Å². The number of halogens is 3. The van der Waals surface area contributed by atoms with Gasteiger partial charge in [-0.3, -0.25) is 4.79 Å². The van der Waals surface area contributed by atoms with Crippen molar-refractivity contribution in [3.8, 4) is 5.88 Å². The van der Waals surface area contributed by atoms with Gasteiger partial charge in [-0.15, -0.1) is 11.8 Å². The largest absolute Gasteiger partial charge is 0.467 e. The number of anilines is 2. The van der Waals surface area contributed by atoms with Crippen molar-refractivity contribution >= 4 is 35.5 Å². The number of amides is 1. The lowest BCUT2D eigenvalue weighted by molar-refractivity contribution is -0.137. The monoisotopic (exact) mass is 400 g/mol. The summed E-state index contributed by atoms with van der Waals surface area (Å²) in [6.07, 6.45) is -1.54. The number of benzene rings is 1. The molecule has 0 aliphatic heterocycles. The topological polar surface area (TPSA) is 129 Å². The number of hydrogen-bond acceptors (Lipinski definition) is 8. The molecule has 0 radical (unpaired) electrons. The summed E-state index contributed by atoms with van der Waals surface area (Å²) >= 11 is 1.24. The van der Waals surface area contributed by atoms with Crippen LogP contribution < -0.4 is 21.6 Å². The summed E-state index contributed by atoms with van der Waals surface area (Å²) in [5.41, 5.74) is 5.02. The Morgan fingerprint density at radius 2 is 2.15 bits per heavy atom. The van der Waals surface area contributed by atoms with Gasteiger partial charge in [0.15, 0.2) is 6.61 Å². The summed E-state index contributed by atoms with van der Waals surface area (Å²) in [4.78, 5) is 19.9. The van der Waals surface area contributed by atoms with Gasteiger partial charge >= 0.3 is 6.18 Å². The lowest BCUT2D eigenvalue weighted by Gasteiger charge is -2.12. The molecule has 8 nitrogen and oxygen atoms in total. The quantitative estimate of drug-likeness (QED) is 0.223. The minimum Gasteiger partial charge on any atom is -0.467 e. The Morgan fingerprint density at radius 3 is 2.78 bits per heavy atom. The van der Waals surface area contributed by atoms with Gasteiger partial charge in [-0.1, -0.05) is 6.07 Å². The zero-order valence-electron chi connectivity index (χ0n) is 13.9. The van der Waals surface area contributed by atoms with E-state index in [1.54, 1.807) is 6.26 Å². The highest BCUT2D eigenvalue weighted by Gasteiger charge is 2.30. The van der Waals surface area contributed by atoms with Gasteiger partial charge in [-0.25, -0.2) is 4.98 Å². The molecule has 0 fully saturated rings. The Hall–Kier alpha value is -3.02. The van der Waals surface area contributed by atoms with E-state index in [2.05, 4.69) is 20.4 Å². The number of thioether (sulfide) groups is 1. The lowest BCUT2D eigenvalue weighted by Crippen LogP contribution is -2.21. The van der Waals surface area contributed by atoms with Gasteiger partial charge in [0, 0.05) is 5.69 Å². The van der Waals surface area contributed by atoms with Crippen molar-refractivity contribution in [3.63, 3.8) is 0 Å². The number of nitrogen functional groups attached to an aromatic ring is 1. The predicted molar refractivity (Wildman–Crippen MR) is 95.6 cm³/mol. The van der Waals surface area contributed by atoms with Gasteiger partial charge in [-0.2, -0.15) is 23.3 Å². The normalized spacial score (nSPS) is 11.6. The Labute approximate surface area is 156 Å². The van der Waals surface area contributed by atoms with E-state index in [-0.39, 0.29) is 17.5 Å². The Morgan fingerprint density at radius 1 is 1.41 bits per heavy atom. The summed E-state index contributed by atoms with van der Waals surface area (Å²) in [5.74, 6) is 4.35. The summed E-state index contributed by atoms with van der Waals surface area (Å²) < 4.78 is 43.5. The van der Waals surface area contributed by atoms with Crippen molar-refractivity contribution in [3.05, 3.63) is 35.4 Å². The van der Waals surface area contributed by atoms with E-state index >= 15 is 0 Å². The molecular formula is C15H15F3N6O2S. The van der Waals surface area contributed by atoms with E-state index in [1.165, 1.54) is 30.1 Å². The highest BCUT2D eigenvalue weighted by Crippen LogP contribution is 2.30. The second-order valence-electron chi connectivity index (χ2n) is 5.00. The van der Waals surface area contributed by atoms with E-state index in [0.717, 1.165) is 12.1 Å². The molecule has 1 heterocycles. The number of nitrogens with one attached hydrogen (secondary N) is 1. The van der Waals surface area contributed by atoms with Crippen molar-refractivity contribution in [1.82, 2.24) is 9.97 Å². The standard InChI is InChI=1S/C15H15F3N6O2S/c1-27-13-10(6-21-20)12(23-14(19)24-13)26-7-11(25)22-9-4-2-3-8(5-9)15(16,17)18/h2-6H,7,20H2,1H3,(H,22,25)(H2,19,23,24)/b21-6+. The van der Waals surface area contributed by atoms with Crippen LogP contribution in [0.3, 0.4) is 0 Å². The minimum atomic E-state index is -4.51. The van der Waals surface area contributed by atoms with Crippen LogP contribution in [0.1, 0.15) is 11.1 Å². The smallest absolute Gasteiger partial charge is 0.416 e. The molecule has 0 unspecified atom stereocenters. The van der Waals surface area contributed by atoms with Crippen LogP contribution in [0.15, 0.2) is 34.4 Å². The number of carbonyl (C=O) groups excluding carboxylic acids is 1. The third kappa shape index (κ3) is 5.48. The molecule has 0 saturated heterocycles. The van der Waals surface area contributed by atoms with Crippen LogP contribution in [-0.2, 0) is 11.0 Å². The maximum Gasteiger partial charge on any atom is 0.416 e. The highest BCUT2D eigenvalue weighted by atomic mass is 32.2. The number of hydrazone groups is 1. The zero-order valence-corrected chi connectivity index (χ0v) is 14.8. The molecule has 0 aliphatic rings. The Balaban J connectivity index is 2.11. The van der Waals surface area contributed by atoms with Crippen LogP contribution in [0.25, 0.3) is 0 Å². The number of carbonyl (C=O) groups is 1. The van der Waals surface area contributed by atoms with Crippen molar-refractivity contribution in [2.24, 2.45) is 10.9 Å². The molecule has 2 rings (SSSR count). The van der Waals surface area contributed by atoms with E-state index < -0.39 is 24.3 Å². The molecule has 0 spiro atoms. The first-order valence-corrected chi connectivity index (χ1v) is 8.51. The molecule has 0 aliphatic carbocycles. The van der Waals surface area contributed by atoms with Gasteiger partial charge in [0.2, 0.25) is 11.8 Å². The molecule has 0 bridgehead atoms. The summed E-state index contributed by atoms with van der Waals surface area (Å²) in [5, 5.41) is 6.14. The van der Waals surface area contributed by atoms with Crippen LogP contribution in [0.2, 0.25) is 0 Å². The van der Waals surface area contributed by atoms with Gasteiger partial charge < -0.3 is 21.6 Å². The fraction of sp³-hybridized carbons (Fsp3) is 0.200. The number of rotatable bonds is 6. The van der Waals surface area contributed by atoms with Crippen molar-refractivity contribution < 1.29 is 22.7 Å². The first-order chi connectivity index (χ1) is 12.7. The van der Waals surface area contributed by atoms with E-state index in [1.807, 2.05) is 0 Å². The number of ether oxygens (including phenoxy) is 1. The molecule has 27 heavy (non-hydrogen) atoms. The second-order valence-corrected chi connectivity index (χ2v) is 5.80. The van der Waals surface area contributed by atoms with E-state index in [9.17, 15) is 18.0 Å². The van der Waals surface area contributed by atoms with Crippen LogP contribution in [0.5, 0.6) is 5.88 Å². The third-order valence-electron chi connectivity index (χ3n) is 3.10. The molecule has 0 saturated carbocycles. The summed E-state index contributed by atoms with van der Waals surface area (Å²) in [7, 11) is 0. The Bertz CT molecular complexity index is 860. The molecule has 144 valence electrons. The molecule has 12 heteroatoms. The van der Waals surface area contributed by atoms with Crippen LogP contribution in [-0.4, -0.2) is 35.0 Å². The van der Waals surface area contributed by atoms with Crippen molar-refractivity contribution in [2.45, 2.75) is 11.2 Å². The number of nitrogens with zero attached hydrogens (tertiary/aromatic N) is 3.